The zero-order chi connectivity index (χ0) is 16.7. The van der Waals surface area contributed by atoms with Crippen LogP contribution >= 0.6 is 0 Å². The molecule has 0 bridgehead atoms. The maximum absolute atomic E-state index is 12.2. The van der Waals surface area contributed by atoms with Crippen LogP contribution in [-0.2, 0) is 0 Å². The van der Waals surface area contributed by atoms with E-state index < -0.39 is 11.5 Å². The molecule has 0 saturated heterocycles. The van der Waals surface area contributed by atoms with Crippen LogP contribution in [0.3, 0.4) is 0 Å². The van der Waals surface area contributed by atoms with Crippen molar-refractivity contribution in [2.45, 2.75) is 0 Å². The van der Waals surface area contributed by atoms with E-state index in [1.54, 1.807) is 12.3 Å². The average molecular weight is 315 g/mol. The standard InChI is InChI=1S/C20H13NO3/c22-19-18(20(23)24)9-8-15-12-14(10-11-21(15)19)17-7-3-5-13-4-1-2-6-16(13)17/h1-12H,(H,23,24). The second-order valence-corrected chi connectivity index (χ2v) is 5.59. The molecule has 116 valence electrons. The van der Waals surface area contributed by atoms with Crippen LogP contribution in [-0.4, -0.2) is 15.5 Å². The summed E-state index contributed by atoms with van der Waals surface area (Å²) in [5, 5.41) is 11.3. The van der Waals surface area contributed by atoms with Crippen LogP contribution in [0.1, 0.15) is 10.4 Å². The summed E-state index contributed by atoms with van der Waals surface area (Å²) in [7, 11) is 0. The molecule has 4 heteroatoms. The molecule has 0 atom stereocenters. The van der Waals surface area contributed by atoms with Gasteiger partial charge in [0.25, 0.3) is 5.56 Å². The van der Waals surface area contributed by atoms with Crippen LogP contribution in [0.15, 0.2) is 77.7 Å². The first-order valence-electron chi connectivity index (χ1n) is 7.52. The average Bonchev–Trinajstić information content (AvgIpc) is 2.61. The van der Waals surface area contributed by atoms with E-state index in [1.807, 2.05) is 36.4 Å². The maximum Gasteiger partial charge on any atom is 0.341 e. The van der Waals surface area contributed by atoms with Crippen LogP contribution < -0.4 is 5.56 Å². The highest BCUT2D eigenvalue weighted by molar-refractivity contribution is 5.97. The number of fused-ring (bicyclic) bond motifs is 2. The number of aromatic carboxylic acids is 1. The Morgan fingerprint density at radius 1 is 0.917 bits per heavy atom. The van der Waals surface area contributed by atoms with E-state index in [0.717, 1.165) is 21.9 Å². The zero-order valence-electron chi connectivity index (χ0n) is 12.6. The van der Waals surface area contributed by atoms with Crippen molar-refractivity contribution in [2.24, 2.45) is 0 Å². The molecule has 4 rings (SSSR count). The Hall–Kier alpha value is -3.40. The van der Waals surface area contributed by atoms with Gasteiger partial charge in [-0.15, -0.1) is 0 Å². The van der Waals surface area contributed by atoms with Crippen molar-refractivity contribution in [3.8, 4) is 11.1 Å². The van der Waals surface area contributed by atoms with Crippen molar-refractivity contribution in [3.05, 3.63) is 88.8 Å². The molecule has 0 saturated carbocycles. The minimum absolute atomic E-state index is 0.231. The van der Waals surface area contributed by atoms with Crippen molar-refractivity contribution >= 4 is 22.3 Å². The van der Waals surface area contributed by atoms with Gasteiger partial charge in [0.15, 0.2) is 0 Å². The van der Waals surface area contributed by atoms with Gasteiger partial charge in [0.2, 0.25) is 0 Å². The highest BCUT2D eigenvalue weighted by atomic mass is 16.4. The quantitative estimate of drug-likeness (QED) is 0.612. The lowest BCUT2D eigenvalue weighted by Gasteiger charge is -2.09. The number of nitrogens with zero attached hydrogens (tertiary/aromatic N) is 1. The second-order valence-electron chi connectivity index (χ2n) is 5.59. The normalized spacial score (nSPS) is 11.0. The topological polar surface area (TPSA) is 58.8 Å². The van der Waals surface area contributed by atoms with Crippen molar-refractivity contribution in [1.82, 2.24) is 4.40 Å². The van der Waals surface area contributed by atoms with Crippen LogP contribution in [0.2, 0.25) is 0 Å². The predicted molar refractivity (Wildman–Crippen MR) is 93.6 cm³/mol. The van der Waals surface area contributed by atoms with Gasteiger partial charge in [0.1, 0.15) is 5.56 Å². The lowest BCUT2D eigenvalue weighted by Crippen LogP contribution is -2.21. The predicted octanol–water partition coefficient (Wildman–Crippen LogP) is 3.82. The van der Waals surface area contributed by atoms with Crippen LogP contribution in [0, 0.1) is 0 Å². The molecule has 0 aliphatic rings. The van der Waals surface area contributed by atoms with Gasteiger partial charge in [0.05, 0.1) is 0 Å². The summed E-state index contributed by atoms with van der Waals surface area (Å²) in [5.74, 6) is -1.22. The Bertz CT molecular complexity index is 1150. The first kappa shape index (κ1) is 14.2. The Morgan fingerprint density at radius 3 is 2.54 bits per heavy atom. The number of carboxylic acids is 1. The number of pyridine rings is 2. The van der Waals surface area contributed by atoms with E-state index in [0.29, 0.717) is 5.52 Å². The van der Waals surface area contributed by atoms with Crippen molar-refractivity contribution in [2.75, 3.05) is 0 Å². The van der Waals surface area contributed by atoms with E-state index in [9.17, 15) is 9.59 Å². The smallest absolute Gasteiger partial charge is 0.341 e. The molecular weight excluding hydrogens is 302 g/mol. The Balaban J connectivity index is 1.97. The van der Waals surface area contributed by atoms with Crippen LogP contribution in [0.25, 0.3) is 27.4 Å². The molecule has 0 amide bonds. The number of aromatic nitrogens is 1. The zero-order valence-corrected chi connectivity index (χ0v) is 12.6. The number of carboxylic acid groups (broad SMARTS) is 1. The summed E-state index contributed by atoms with van der Waals surface area (Å²) >= 11 is 0. The Kier molecular flexibility index (Phi) is 3.17. The number of benzene rings is 2. The van der Waals surface area contributed by atoms with Crippen molar-refractivity contribution in [3.63, 3.8) is 0 Å². The van der Waals surface area contributed by atoms with Gasteiger partial charge in [-0.3, -0.25) is 9.20 Å². The molecule has 2 aromatic carbocycles. The minimum Gasteiger partial charge on any atom is -0.477 e. The Labute approximate surface area is 137 Å². The number of carbonyl (C=O) groups is 1. The fraction of sp³-hybridized carbons (Fsp3) is 0. The first-order valence-corrected chi connectivity index (χ1v) is 7.52. The lowest BCUT2D eigenvalue weighted by atomic mass is 9.98. The van der Waals surface area contributed by atoms with Gasteiger partial charge in [0, 0.05) is 11.7 Å². The third-order valence-electron chi connectivity index (χ3n) is 4.19. The number of rotatable bonds is 2. The Morgan fingerprint density at radius 2 is 1.71 bits per heavy atom. The second kappa shape index (κ2) is 5.35. The molecule has 4 nitrogen and oxygen atoms in total. The summed E-state index contributed by atoms with van der Waals surface area (Å²) < 4.78 is 1.36. The highest BCUT2D eigenvalue weighted by Crippen LogP contribution is 2.29. The molecule has 0 aliphatic heterocycles. The molecule has 0 fully saturated rings. The van der Waals surface area contributed by atoms with Gasteiger partial charge in [-0.25, -0.2) is 4.79 Å². The first-order chi connectivity index (χ1) is 11.6. The monoisotopic (exact) mass is 315 g/mol. The van der Waals surface area contributed by atoms with E-state index >= 15 is 0 Å². The summed E-state index contributed by atoms with van der Waals surface area (Å²) in [4.78, 5) is 23.3. The summed E-state index contributed by atoms with van der Waals surface area (Å²) in [6, 6.07) is 21.0. The number of hydrogen-bond acceptors (Lipinski definition) is 2. The molecule has 0 unspecified atom stereocenters. The van der Waals surface area contributed by atoms with Gasteiger partial charge < -0.3 is 5.11 Å². The molecule has 4 aromatic rings. The van der Waals surface area contributed by atoms with Gasteiger partial charge in [-0.05, 0) is 46.2 Å². The van der Waals surface area contributed by atoms with E-state index in [2.05, 4.69) is 18.2 Å². The number of hydrogen-bond donors (Lipinski definition) is 1. The summed E-state index contributed by atoms with van der Waals surface area (Å²) in [6.45, 7) is 0. The highest BCUT2D eigenvalue weighted by Gasteiger charge is 2.11. The molecule has 24 heavy (non-hydrogen) atoms. The van der Waals surface area contributed by atoms with Crippen LogP contribution in [0.4, 0.5) is 0 Å². The SMILES string of the molecule is O=C(O)c1ccc2cc(-c3cccc4ccccc34)ccn2c1=O. The van der Waals surface area contributed by atoms with Gasteiger partial charge in [-0.2, -0.15) is 0 Å². The van der Waals surface area contributed by atoms with E-state index in [-0.39, 0.29) is 5.56 Å². The lowest BCUT2D eigenvalue weighted by molar-refractivity contribution is 0.0695. The third-order valence-corrected chi connectivity index (χ3v) is 4.19. The van der Waals surface area contributed by atoms with Gasteiger partial charge in [-0.1, -0.05) is 42.5 Å². The fourth-order valence-corrected chi connectivity index (χ4v) is 3.01. The molecule has 0 aliphatic carbocycles. The summed E-state index contributed by atoms with van der Waals surface area (Å²) in [6.07, 6.45) is 1.63. The molecular formula is C20H13NO3. The van der Waals surface area contributed by atoms with Crippen molar-refractivity contribution in [1.29, 1.82) is 0 Å². The minimum atomic E-state index is -1.22. The van der Waals surface area contributed by atoms with Crippen LogP contribution in [0.5, 0.6) is 0 Å². The molecule has 0 radical (unpaired) electrons. The third kappa shape index (κ3) is 2.16. The molecule has 2 heterocycles. The molecule has 2 aromatic heterocycles. The van der Waals surface area contributed by atoms with Gasteiger partial charge >= 0.3 is 5.97 Å². The summed E-state index contributed by atoms with van der Waals surface area (Å²) in [5.41, 5.74) is 1.96. The largest absolute Gasteiger partial charge is 0.477 e. The molecule has 1 N–H and O–H groups in total. The van der Waals surface area contributed by atoms with Crippen molar-refractivity contribution < 1.29 is 9.90 Å². The maximum atomic E-state index is 12.2. The molecule has 0 spiro atoms. The van der Waals surface area contributed by atoms with E-state index in [4.69, 9.17) is 5.11 Å². The van der Waals surface area contributed by atoms with E-state index in [1.165, 1.54) is 10.5 Å². The fourth-order valence-electron chi connectivity index (χ4n) is 3.01.